The van der Waals surface area contributed by atoms with E-state index < -0.39 is 0 Å². The summed E-state index contributed by atoms with van der Waals surface area (Å²) in [6.07, 6.45) is 1.03. The van der Waals surface area contributed by atoms with E-state index in [0.717, 1.165) is 0 Å². The van der Waals surface area contributed by atoms with Crippen LogP contribution in [0.15, 0.2) is 0 Å². The lowest BCUT2D eigenvalue weighted by Gasteiger charge is -1.91. The molecule has 0 aliphatic rings. The fraction of sp³-hybridized carbons (Fsp3) is 0.571. The van der Waals surface area contributed by atoms with Gasteiger partial charge < -0.3 is 4.79 Å². The first kappa shape index (κ1) is 8.34. The zero-order valence-electron chi connectivity index (χ0n) is 5.64. The highest BCUT2D eigenvalue weighted by atomic mass is 16.1. The van der Waals surface area contributed by atoms with E-state index in [0.29, 0.717) is 19.3 Å². The summed E-state index contributed by atoms with van der Waals surface area (Å²) in [5.41, 5.74) is 0. The van der Waals surface area contributed by atoms with Crippen LogP contribution in [0.2, 0.25) is 0 Å². The fourth-order valence-electron chi connectivity index (χ4n) is 0.440. The second-order valence-electron chi connectivity index (χ2n) is 1.99. The molecule has 0 fully saturated rings. The van der Waals surface area contributed by atoms with Crippen LogP contribution >= 0.6 is 0 Å². The van der Waals surface area contributed by atoms with E-state index >= 15 is 0 Å². The summed E-state index contributed by atoms with van der Waals surface area (Å²) < 4.78 is 0. The molecule has 0 spiro atoms. The number of ketones is 2. The maximum absolute atomic E-state index is 10.5. The minimum Gasteiger partial charge on any atom is -0.300 e. The van der Waals surface area contributed by atoms with Crippen LogP contribution in [-0.4, -0.2) is 11.6 Å². The van der Waals surface area contributed by atoms with Gasteiger partial charge in [0.1, 0.15) is 11.6 Å². The van der Waals surface area contributed by atoms with Gasteiger partial charge in [0.15, 0.2) is 0 Å². The molecule has 0 aromatic carbocycles. The van der Waals surface area contributed by atoms with Crippen molar-refractivity contribution in [2.75, 3.05) is 0 Å². The van der Waals surface area contributed by atoms with Crippen LogP contribution in [0.3, 0.4) is 0 Å². The summed E-state index contributed by atoms with van der Waals surface area (Å²) in [6.45, 7) is 4.89. The number of hydrogen-bond acceptors (Lipinski definition) is 2. The third-order valence-corrected chi connectivity index (χ3v) is 1.03. The van der Waals surface area contributed by atoms with Crippen molar-refractivity contribution in [2.45, 2.75) is 26.2 Å². The Labute approximate surface area is 55.3 Å². The maximum atomic E-state index is 10.5. The molecule has 0 aliphatic heterocycles. The minimum absolute atomic E-state index is 0.0604. The lowest BCUT2D eigenvalue weighted by atomic mass is 10.1. The SMILES string of the molecule is [CH2]CC(=O)CCC(C)=O. The molecule has 0 rings (SSSR count). The van der Waals surface area contributed by atoms with Gasteiger partial charge in [-0.05, 0) is 13.8 Å². The summed E-state index contributed by atoms with van der Waals surface area (Å²) in [4.78, 5) is 20.8. The van der Waals surface area contributed by atoms with Gasteiger partial charge in [-0.2, -0.15) is 0 Å². The van der Waals surface area contributed by atoms with E-state index in [1.165, 1.54) is 6.92 Å². The van der Waals surface area contributed by atoms with Gasteiger partial charge in [-0.15, -0.1) is 0 Å². The smallest absolute Gasteiger partial charge is 0.133 e. The number of Topliss-reactive ketones (excluding diaryl/α,β-unsaturated/α-hetero) is 2. The average molecular weight is 127 g/mol. The van der Waals surface area contributed by atoms with Crippen molar-refractivity contribution >= 4 is 11.6 Å². The van der Waals surface area contributed by atoms with E-state index in [4.69, 9.17) is 0 Å². The Morgan fingerprint density at radius 3 is 2.22 bits per heavy atom. The third kappa shape index (κ3) is 5.21. The molecule has 0 amide bonds. The van der Waals surface area contributed by atoms with Gasteiger partial charge in [-0.1, -0.05) is 0 Å². The van der Waals surface area contributed by atoms with Crippen molar-refractivity contribution in [2.24, 2.45) is 0 Å². The van der Waals surface area contributed by atoms with E-state index in [1.54, 1.807) is 0 Å². The Morgan fingerprint density at radius 1 is 1.33 bits per heavy atom. The number of rotatable bonds is 4. The highest BCUT2D eigenvalue weighted by Gasteiger charge is 1.99. The fourth-order valence-corrected chi connectivity index (χ4v) is 0.440. The number of hydrogen-bond donors (Lipinski definition) is 0. The van der Waals surface area contributed by atoms with Crippen LogP contribution in [0, 0.1) is 6.92 Å². The van der Waals surface area contributed by atoms with Crippen molar-refractivity contribution in [3.05, 3.63) is 6.92 Å². The van der Waals surface area contributed by atoms with Crippen LogP contribution in [0.1, 0.15) is 26.2 Å². The zero-order valence-corrected chi connectivity index (χ0v) is 5.64. The van der Waals surface area contributed by atoms with E-state index in [1.807, 2.05) is 0 Å². The van der Waals surface area contributed by atoms with Gasteiger partial charge in [0, 0.05) is 19.3 Å². The molecule has 9 heavy (non-hydrogen) atoms. The molecule has 1 radical (unpaired) electrons. The molecular weight excluding hydrogens is 116 g/mol. The molecule has 0 aromatic heterocycles. The van der Waals surface area contributed by atoms with E-state index in [-0.39, 0.29) is 11.6 Å². The van der Waals surface area contributed by atoms with E-state index in [9.17, 15) is 9.59 Å². The Balaban J connectivity index is 3.28. The molecule has 0 saturated carbocycles. The molecule has 0 N–H and O–H groups in total. The number of carbonyl (C=O) groups is 2. The van der Waals surface area contributed by atoms with Gasteiger partial charge in [0.2, 0.25) is 0 Å². The van der Waals surface area contributed by atoms with Crippen LogP contribution in [0.4, 0.5) is 0 Å². The molecule has 0 unspecified atom stereocenters. The molecule has 51 valence electrons. The first-order valence-electron chi connectivity index (χ1n) is 2.97. The van der Waals surface area contributed by atoms with E-state index in [2.05, 4.69) is 6.92 Å². The largest absolute Gasteiger partial charge is 0.300 e. The molecular formula is C7H11O2. The Bertz CT molecular complexity index is 116. The maximum Gasteiger partial charge on any atom is 0.133 e. The summed E-state index contributed by atoms with van der Waals surface area (Å²) in [7, 11) is 0. The molecule has 0 atom stereocenters. The second kappa shape index (κ2) is 4.24. The Hall–Kier alpha value is -0.660. The minimum atomic E-state index is 0.0604. The summed E-state index contributed by atoms with van der Waals surface area (Å²) in [6, 6.07) is 0. The summed E-state index contributed by atoms with van der Waals surface area (Å²) in [5, 5.41) is 0. The van der Waals surface area contributed by atoms with Gasteiger partial charge in [-0.3, -0.25) is 4.79 Å². The second-order valence-corrected chi connectivity index (χ2v) is 1.99. The van der Waals surface area contributed by atoms with Crippen molar-refractivity contribution in [3.8, 4) is 0 Å². The number of carbonyl (C=O) groups excluding carboxylic acids is 2. The molecule has 0 heterocycles. The Morgan fingerprint density at radius 2 is 1.89 bits per heavy atom. The van der Waals surface area contributed by atoms with Gasteiger partial charge >= 0.3 is 0 Å². The third-order valence-electron chi connectivity index (χ3n) is 1.03. The first-order valence-corrected chi connectivity index (χ1v) is 2.97. The average Bonchev–Trinajstić information content (AvgIpc) is 1.83. The predicted octanol–water partition coefficient (Wildman–Crippen LogP) is 1.15. The predicted molar refractivity (Wildman–Crippen MR) is 34.9 cm³/mol. The van der Waals surface area contributed by atoms with Crippen molar-refractivity contribution < 1.29 is 9.59 Å². The monoisotopic (exact) mass is 127 g/mol. The highest BCUT2D eigenvalue weighted by Crippen LogP contribution is 1.93. The van der Waals surface area contributed by atoms with Gasteiger partial charge in [0.05, 0.1) is 0 Å². The van der Waals surface area contributed by atoms with Gasteiger partial charge in [0.25, 0.3) is 0 Å². The van der Waals surface area contributed by atoms with Gasteiger partial charge in [-0.25, -0.2) is 0 Å². The normalized spacial score (nSPS) is 9.11. The highest BCUT2D eigenvalue weighted by molar-refractivity contribution is 5.84. The van der Waals surface area contributed by atoms with Crippen molar-refractivity contribution in [1.29, 1.82) is 0 Å². The Kier molecular flexibility index (Phi) is 3.93. The molecule has 0 saturated heterocycles. The standard InChI is InChI=1S/C7H11O2/c1-3-7(9)5-4-6(2)8/h1,3-5H2,2H3. The van der Waals surface area contributed by atoms with Crippen molar-refractivity contribution in [3.63, 3.8) is 0 Å². The zero-order chi connectivity index (χ0) is 7.28. The topological polar surface area (TPSA) is 34.1 Å². The summed E-state index contributed by atoms with van der Waals surface area (Å²) in [5.74, 6) is 0.127. The molecule has 0 bridgehead atoms. The molecule has 0 aromatic rings. The summed E-state index contributed by atoms with van der Waals surface area (Å²) >= 11 is 0. The molecule has 0 aliphatic carbocycles. The first-order chi connectivity index (χ1) is 4.16. The quantitative estimate of drug-likeness (QED) is 0.567. The van der Waals surface area contributed by atoms with Crippen molar-refractivity contribution in [1.82, 2.24) is 0 Å². The van der Waals surface area contributed by atoms with Crippen LogP contribution in [0.25, 0.3) is 0 Å². The molecule has 2 heteroatoms. The lowest BCUT2D eigenvalue weighted by Crippen LogP contribution is -1.98. The van der Waals surface area contributed by atoms with Crippen LogP contribution in [-0.2, 0) is 9.59 Å². The van der Waals surface area contributed by atoms with Crippen LogP contribution < -0.4 is 0 Å². The lowest BCUT2D eigenvalue weighted by molar-refractivity contribution is -0.122. The molecule has 2 nitrogen and oxygen atoms in total. The van der Waals surface area contributed by atoms with Crippen LogP contribution in [0.5, 0.6) is 0 Å².